The van der Waals surface area contributed by atoms with Gasteiger partial charge < -0.3 is 14.6 Å². The van der Waals surface area contributed by atoms with E-state index in [1.165, 1.54) is 48.4 Å². The van der Waals surface area contributed by atoms with E-state index in [-0.39, 0.29) is 32.8 Å². The van der Waals surface area contributed by atoms with Crippen LogP contribution in [0, 0.1) is 5.82 Å². The van der Waals surface area contributed by atoms with Gasteiger partial charge in [-0.2, -0.15) is 0 Å². The highest BCUT2D eigenvalue weighted by Crippen LogP contribution is 2.36. The van der Waals surface area contributed by atoms with Crippen LogP contribution in [0.5, 0.6) is 11.5 Å². The number of carboxylic acids is 1. The molecule has 0 saturated heterocycles. The number of allylic oxidation sites excluding steroid dienone is 2. The molecule has 0 bridgehead atoms. The third-order valence-corrected chi connectivity index (χ3v) is 5.68. The van der Waals surface area contributed by atoms with Gasteiger partial charge in [0.25, 0.3) is 0 Å². The van der Waals surface area contributed by atoms with Gasteiger partial charge >= 0.3 is 5.97 Å². The number of hydrogen-bond donors (Lipinski definition) is 1. The average Bonchev–Trinajstić information content (AvgIpc) is 2.68. The minimum atomic E-state index is -3.53. The predicted molar refractivity (Wildman–Crippen MR) is 109 cm³/mol. The molecule has 3 rings (SSSR count). The van der Waals surface area contributed by atoms with Crippen LogP contribution in [0.15, 0.2) is 70.2 Å². The van der Waals surface area contributed by atoms with Crippen molar-refractivity contribution in [2.45, 2.75) is 11.1 Å². The van der Waals surface area contributed by atoms with Crippen LogP contribution < -0.4 is 14.4 Å². The number of nitrogens with zero attached hydrogens (tertiary/aromatic N) is 1. The molecule has 1 atom stereocenters. The summed E-state index contributed by atoms with van der Waals surface area (Å²) in [6.07, 6.45) is 2.41. The number of carboxylic acid groups (broad SMARTS) is 1. The van der Waals surface area contributed by atoms with E-state index < -0.39 is 27.9 Å². The van der Waals surface area contributed by atoms with Crippen molar-refractivity contribution in [2.75, 3.05) is 18.3 Å². The molecule has 10 heteroatoms. The largest absolute Gasteiger partial charge is 0.493 e. The first-order chi connectivity index (χ1) is 14.1. The fourth-order valence-corrected chi connectivity index (χ4v) is 3.76. The average molecular weight is 454 g/mol. The molecule has 0 aliphatic carbocycles. The first kappa shape index (κ1) is 21.7. The maximum absolute atomic E-state index is 13.5. The second kappa shape index (κ2) is 8.37. The van der Waals surface area contributed by atoms with Gasteiger partial charge in [-0.15, -0.1) is 0 Å². The molecule has 0 amide bonds. The molecular weight excluding hydrogens is 437 g/mol. The lowest BCUT2D eigenvalue weighted by Crippen LogP contribution is -2.43. The van der Waals surface area contributed by atoms with E-state index in [1.54, 1.807) is 6.07 Å². The van der Waals surface area contributed by atoms with Gasteiger partial charge in [0.05, 0.1) is 17.6 Å². The molecule has 0 spiro atoms. The van der Waals surface area contributed by atoms with Crippen LogP contribution in [0.4, 0.5) is 10.1 Å². The van der Waals surface area contributed by atoms with E-state index >= 15 is 0 Å². The number of hydrogen-bond acceptors (Lipinski definition) is 6. The Balaban J connectivity index is 2.12. The lowest BCUT2D eigenvalue weighted by atomic mass is 10.1. The Bertz CT molecular complexity index is 1160. The maximum Gasteiger partial charge on any atom is 0.337 e. The van der Waals surface area contributed by atoms with E-state index in [9.17, 15) is 22.7 Å². The minimum Gasteiger partial charge on any atom is -0.493 e. The van der Waals surface area contributed by atoms with Crippen LogP contribution in [-0.4, -0.2) is 39.1 Å². The molecule has 1 unspecified atom stereocenters. The zero-order valence-electron chi connectivity index (χ0n) is 15.9. The molecule has 1 N–H and O–H groups in total. The summed E-state index contributed by atoms with van der Waals surface area (Å²) in [6, 6.07) is 9.36. The Kier molecular flexibility index (Phi) is 6.04. The van der Waals surface area contributed by atoms with Crippen LogP contribution in [0.2, 0.25) is 0 Å². The monoisotopic (exact) mass is 453 g/mol. The number of aliphatic carboxylic acids is 1. The number of benzene rings is 2. The second-order valence-electron chi connectivity index (χ2n) is 6.32. The van der Waals surface area contributed by atoms with Crippen molar-refractivity contribution >= 4 is 33.1 Å². The van der Waals surface area contributed by atoms with Crippen LogP contribution in [0.25, 0.3) is 0 Å². The molecule has 0 fully saturated rings. The second-order valence-corrected chi connectivity index (χ2v) is 8.72. The first-order valence-electron chi connectivity index (χ1n) is 8.52. The summed E-state index contributed by atoms with van der Waals surface area (Å²) < 4.78 is 48.4. The number of rotatable bonds is 6. The first-order valence-corrected chi connectivity index (χ1v) is 10.8. The van der Waals surface area contributed by atoms with Crippen molar-refractivity contribution in [3.05, 3.63) is 71.2 Å². The molecule has 0 aromatic heterocycles. The van der Waals surface area contributed by atoms with E-state index in [2.05, 4.69) is 0 Å². The van der Waals surface area contributed by atoms with E-state index in [0.29, 0.717) is 0 Å². The summed E-state index contributed by atoms with van der Waals surface area (Å²) in [7, 11) is -2.21. The van der Waals surface area contributed by atoms with Gasteiger partial charge in [-0.1, -0.05) is 17.7 Å². The molecule has 1 aliphatic rings. The molecule has 1 aliphatic heterocycles. The smallest absolute Gasteiger partial charge is 0.337 e. The zero-order valence-corrected chi connectivity index (χ0v) is 17.4. The number of sulfone groups is 1. The fraction of sp³-hybridized carbons (Fsp3) is 0.150. The number of anilines is 1. The Labute approximate surface area is 177 Å². The Morgan fingerprint density at radius 3 is 2.53 bits per heavy atom. The highest BCUT2D eigenvalue weighted by Gasteiger charge is 2.34. The third kappa shape index (κ3) is 4.42. The number of ether oxygens (including phenoxy) is 2. The molecule has 0 saturated carbocycles. The molecular formula is C20H17ClFNO6S. The molecule has 7 nitrogen and oxygen atoms in total. The lowest BCUT2D eigenvalue weighted by molar-refractivity contribution is -0.133. The van der Waals surface area contributed by atoms with Gasteiger partial charge in [-0.05, 0) is 42.5 Å². The van der Waals surface area contributed by atoms with E-state index in [1.807, 2.05) is 0 Å². The van der Waals surface area contributed by atoms with Crippen LogP contribution in [0.1, 0.15) is 0 Å². The van der Waals surface area contributed by atoms with Crippen molar-refractivity contribution in [2.24, 2.45) is 0 Å². The van der Waals surface area contributed by atoms with E-state index in [0.717, 1.165) is 18.4 Å². The van der Waals surface area contributed by atoms with Crippen molar-refractivity contribution in [1.29, 1.82) is 0 Å². The highest BCUT2D eigenvalue weighted by molar-refractivity contribution is 7.90. The summed E-state index contributed by atoms with van der Waals surface area (Å²) in [4.78, 5) is 13.2. The SMILES string of the molecule is COc1cc(F)ccc1OC1C(C(=O)O)=CC=C(Cl)N1c1cccc(S(C)(=O)=O)c1. The lowest BCUT2D eigenvalue weighted by Gasteiger charge is -2.35. The summed E-state index contributed by atoms with van der Waals surface area (Å²) in [5.74, 6) is -1.71. The fourth-order valence-electron chi connectivity index (χ4n) is 2.85. The van der Waals surface area contributed by atoms with Crippen molar-refractivity contribution < 1.29 is 32.2 Å². The predicted octanol–water partition coefficient (Wildman–Crippen LogP) is 3.55. The van der Waals surface area contributed by atoms with Crippen molar-refractivity contribution in [3.63, 3.8) is 0 Å². The number of halogens is 2. The molecule has 2 aromatic rings. The molecule has 30 heavy (non-hydrogen) atoms. The van der Waals surface area contributed by atoms with Gasteiger partial charge in [0.1, 0.15) is 11.0 Å². The van der Waals surface area contributed by atoms with Gasteiger partial charge in [-0.25, -0.2) is 17.6 Å². The molecule has 158 valence electrons. The molecule has 2 aromatic carbocycles. The number of carbonyl (C=O) groups is 1. The van der Waals surface area contributed by atoms with Gasteiger partial charge in [0.15, 0.2) is 21.3 Å². The molecule has 1 heterocycles. The Hall–Kier alpha value is -3.04. The third-order valence-electron chi connectivity index (χ3n) is 4.27. The number of methoxy groups -OCH3 is 1. The minimum absolute atomic E-state index is 0.0222. The zero-order chi connectivity index (χ0) is 22.1. The summed E-state index contributed by atoms with van der Waals surface area (Å²) in [6.45, 7) is 0. The highest BCUT2D eigenvalue weighted by atomic mass is 35.5. The van der Waals surface area contributed by atoms with Crippen molar-refractivity contribution in [1.82, 2.24) is 0 Å². The van der Waals surface area contributed by atoms with Crippen LogP contribution >= 0.6 is 11.6 Å². The molecule has 0 radical (unpaired) electrons. The normalized spacial score (nSPS) is 16.5. The van der Waals surface area contributed by atoms with Crippen LogP contribution in [-0.2, 0) is 14.6 Å². The Morgan fingerprint density at radius 1 is 1.17 bits per heavy atom. The van der Waals surface area contributed by atoms with E-state index in [4.69, 9.17) is 21.1 Å². The quantitative estimate of drug-likeness (QED) is 0.668. The summed E-state index contributed by atoms with van der Waals surface area (Å²) in [5, 5.41) is 9.75. The van der Waals surface area contributed by atoms with Crippen LogP contribution in [0.3, 0.4) is 0 Å². The summed E-state index contributed by atoms with van der Waals surface area (Å²) >= 11 is 6.34. The topological polar surface area (TPSA) is 93.1 Å². The van der Waals surface area contributed by atoms with Gasteiger partial charge in [0.2, 0.25) is 6.23 Å². The standard InChI is InChI=1S/C20H17ClFNO6S/c1-28-17-10-12(22)6-8-16(17)29-19-15(20(24)25)7-9-18(21)23(19)13-4-3-5-14(11-13)30(2,26)27/h3-11,19H,1-2H3,(H,24,25). The van der Waals surface area contributed by atoms with Gasteiger partial charge in [0, 0.05) is 18.0 Å². The summed E-state index contributed by atoms with van der Waals surface area (Å²) in [5.41, 5.74) is 0.118. The van der Waals surface area contributed by atoms with Crippen molar-refractivity contribution in [3.8, 4) is 11.5 Å². The maximum atomic E-state index is 13.5. The Morgan fingerprint density at radius 2 is 1.90 bits per heavy atom. The van der Waals surface area contributed by atoms with Gasteiger partial charge in [-0.3, -0.25) is 4.90 Å².